The molecule has 0 saturated carbocycles. The van der Waals surface area contributed by atoms with Crippen molar-refractivity contribution in [2.45, 2.75) is 19.4 Å². The Morgan fingerprint density at radius 2 is 2.33 bits per heavy atom. The van der Waals surface area contributed by atoms with Crippen LogP contribution in [0.3, 0.4) is 0 Å². The highest BCUT2D eigenvalue weighted by molar-refractivity contribution is 9.10. The van der Waals surface area contributed by atoms with E-state index in [-0.39, 0.29) is 6.04 Å². The molecular weight excluding hydrogens is 273 g/mol. The fourth-order valence-corrected chi connectivity index (χ4v) is 2.40. The Bertz CT molecular complexity index is 370. The smallest absolute Gasteiger partial charge is 0.0441 e. The molecule has 1 unspecified atom stereocenters. The number of terminal acetylenes is 1. The van der Waals surface area contributed by atoms with Crippen molar-refractivity contribution in [3.05, 3.63) is 33.3 Å². The van der Waals surface area contributed by atoms with Crippen molar-refractivity contribution in [1.29, 1.82) is 0 Å². The lowest BCUT2D eigenvalue weighted by Crippen LogP contribution is -2.20. The average Bonchev–Trinajstić information content (AvgIpc) is 2.17. The molecule has 0 bridgehead atoms. The van der Waals surface area contributed by atoms with E-state index < -0.39 is 0 Å². The number of benzene rings is 1. The van der Waals surface area contributed by atoms with Crippen molar-refractivity contribution in [2.75, 3.05) is 6.54 Å². The van der Waals surface area contributed by atoms with Crippen LogP contribution >= 0.6 is 27.5 Å². The second-order valence-electron chi connectivity index (χ2n) is 3.18. The summed E-state index contributed by atoms with van der Waals surface area (Å²) >= 11 is 9.38. The van der Waals surface area contributed by atoms with Gasteiger partial charge >= 0.3 is 0 Å². The predicted molar refractivity (Wildman–Crippen MR) is 69.0 cm³/mol. The standard InChI is InChI=1S/C12H13BrClN/c1-3-5-12(15-4-2)10-7-6-9(14)8-11(10)13/h1,6-8,12,15H,4-5H2,2H3. The molecule has 80 valence electrons. The van der Waals surface area contributed by atoms with Crippen LogP contribution in [-0.2, 0) is 0 Å². The Kier molecular flexibility index (Phi) is 5.17. The molecule has 0 saturated heterocycles. The number of rotatable bonds is 4. The van der Waals surface area contributed by atoms with E-state index in [1.165, 1.54) is 0 Å². The summed E-state index contributed by atoms with van der Waals surface area (Å²) < 4.78 is 0.996. The van der Waals surface area contributed by atoms with Crippen LogP contribution in [0.5, 0.6) is 0 Å². The van der Waals surface area contributed by atoms with Gasteiger partial charge in [0.1, 0.15) is 0 Å². The third-order valence-electron chi connectivity index (χ3n) is 2.11. The summed E-state index contributed by atoms with van der Waals surface area (Å²) in [5.74, 6) is 2.68. The van der Waals surface area contributed by atoms with Gasteiger partial charge in [0.25, 0.3) is 0 Å². The molecule has 0 aliphatic carbocycles. The first-order valence-corrected chi connectivity index (χ1v) is 5.98. The summed E-state index contributed by atoms with van der Waals surface area (Å²) in [7, 11) is 0. The molecule has 15 heavy (non-hydrogen) atoms. The van der Waals surface area contributed by atoms with Crippen LogP contribution in [-0.4, -0.2) is 6.54 Å². The Labute approximate surface area is 104 Å². The van der Waals surface area contributed by atoms with Gasteiger partial charge in [0, 0.05) is 22.0 Å². The summed E-state index contributed by atoms with van der Waals surface area (Å²) in [6.45, 7) is 2.95. The van der Waals surface area contributed by atoms with Crippen molar-refractivity contribution >= 4 is 27.5 Å². The first-order chi connectivity index (χ1) is 7.19. The van der Waals surface area contributed by atoms with Gasteiger partial charge in [0.05, 0.1) is 0 Å². The van der Waals surface area contributed by atoms with Crippen molar-refractivity contribution in [3.63, 3.8) is 0 Å². The molecule has 0 heterocycles. The Morgan fingerprint density at radius 1 is 1.60 bits per heavy atom. The van der Waals surface area contributed by atoms with Crippen LogP contribution in [0.1, 0.15) is 24.9 Å². The van der Waals surface area contributed by atoms with Crippen molar-refractivity contribution in [1.82, 2.24) is 5.32 Å². The SMILES string of the molecule is C#CCC(NCC)c1ccc(Cl)cc1Br. The summed E-state index contributed by atoms with van der Waals surface area (Å²) in [5.41, 5.74) is 1.15. The molecule has 0 aromatic heterocycles. The lowest BCUT2D eigenvalue weighted by molar-refractivity contribution is 0.563. The van der Waals surface area contributed by atoms with Gasteiger partial charge in [-0.2, -0.15) is 0 Å². The molecule has 1 atom stereocenters. The first-order valence-electron chi connectivity index (χ1n) is 4.80. The predicted octanol–water partition coefficient (Wildman–Crippen LogP) is 3.78. The molecule has 0 radical (unpaired) electrons. The lowest BCUT2D eigenvalue weighted by Gasteiger charge is -2.17. The van der Waals surface area contributed by atoms with Gasteiger partial charge in [-0.1, -0.05) is 40.5 Å². The zero-order valence-electron chi connectivity index (χ0n) is 8.56. The quantitative estimate of drug-likeness (QED) is 0.831. The molecule has 0 amide bonds. The molecule has 0 aliphatic rings. The van der Waals surface area contributed by atoms with Gasteiger partial charge in [0.2, 0.25) is 0 Å². The van der Waals surface area contributed by atoms with E-state index in [1.807, 2.05) is 18.2 Å². The molecular formula is C12H13BrClN. The van der Waals surface area contributed by atoms with Crippen LogP contribution < -0.4 is 5.32 Å². The van der Waals surface area contributed by atoms with Gasteiger partial charge in [-0.25, -0.2) is 0 Å². The van der Waals surface area contributed by atoms with Gasteiger partial charge in [-0.15, -0.1) is 12.3 Å². The molecule has 1 aromatic carbocycles. The largest absolute Gasteiger partial charge is 0.309 e. The number of hydrogen-bond acceptors (Lipinski definition) is 1. The molecule has 0 spiro atoms. The number of hydrogen-bond donors (Lipinski definition) is 1. The maximum Gasteiger partial charge on any atom is 0.0441 e. The zero-order chi connectivity index (χ0) is 11.3. The van der Waals surface area contributed by atoms with E-state index >= 15 is 0 Å². The Hall–Kier alpha value is -0.490. The Balaban J connectivity index is 2.95. The molecule has 1 N–H and O–H groups in total. The van der Waals surface area contributed by atoms with Crippen LogP contribution in [0, 0.1) is 12.3 Å². The van der Waals surface area contributed by atoms with Crippen LogP contribution in [0.2, 0.25) is 5.02 Å². The normalized spacial score (nSPS) is 12.1. The lowest BCUT2D eigenvalue weighted by atomic mass is 10.0. The van der Waals surface area contributed by atoms with Crippen LogP contribution in [0.4, 0.5) is 0 Å². The topological polar surface area (TPSA) is 12.0 Å². The zero-order valence-corrected chi connectivity index (χ0v) is 10.9. The van der Waals surface area contributed by atoms with Gasteiger partial charge in [-0.3, -0.25) is 0 Å². The van der Waals surface area contributed by atoms with Crippen molar-refractivity contribution in [3.8, 4) is 12.3 Å². The molecule has 1 aromatic rings. The minimum atomic E-state index is 0.187. The van der Waals surface area contributed by atoms with Gasteiger partial charge in [-0.05, 0) is 24.2 Å². The third-order valence-corrected chi connectivity index (χ3v) is 3.03. The minimum absolute atomic E-state index is 0.187. The summed E-state index contributed by atoms with van der Waals surface area (Å²) in [6, 6.07) is 5.95. The summed E-state index contributed by atoms with van der Waals surface area (Å²) in [6.07, 6.45) is 6.02. The fourth-order valence-electron chi connectivity index (χ4n) is 1.44. The van der Waals surface area contributed by atoms with Gasteiger partial charge in [0.15, 0.2) is 0 Å². The van der Waals surface area contributed by atoms with E-state index in [9.17, 15) is 0 Å². The monoisotopic (exact) mass is 285 g/mol. The highest BCUT2D eigenvalue weighted by Gasteiger charge is 2.12. The summed E-state index contributed by atoms with van der Waals surface area (Å²) in [5, 5.41) is 4.07. The van der Waals surface area contributed by atoms with E-state index in [0.29, 0.717) is 6.42 Å². The van der Waals surface area contributed by atoms with E-state index in [1.54, 1.807) is 0 Å². The summed E-state index contributed by atoms with van der Waals surface area (Å²) in [4.78, 5) is 0. The number of nitrogens with one attached hydrogen (secondary N) is 1. The molecule has 1 rings (SSSR count). The van der Waals surface area contributed by atoms with E-state index in [4.69, 9.17) is 18.0 Å². The maximum absolute atomic E-state index is 5.89. The maximum atomic E-state index is 5.89. The fraction of sp³-hybridized carbons (Fsp3) is 0.333. The third kappa shape index (κ3) is 3.53. The first kappa shape index (κ1) is 12.6. The van der Waals surface area contributed by atoms with Gasteiger partial charge < -0.3 is 5.32 Å². The molecule has 1 nitrogen and oxygen atoms in total. The Morgan fingerprint density at radius 3 is 2.87 bits per heavy atom. The highest BCUT2D eigenvalue weighted by atomic mass is 79.9. The molecule has 0 fully saturated rings. The number of halogens is 2. The van der Waals surface area contributed by atoms with Crippen LogP contribution in [0.15, 0.2) is 22.7 Å². The van der Waals surface area contributed by atoms with E-state index in [2.05, 4.69) is 34.1 Å². The molecule has 0 aliphatic heterocycles. The minimum Gasteiger partial charge on any atom is -0.309 e. The van der Waals surface area contributed by atoms with E-state index in [0.717, 1.165) is 21.6 Å². The molecule has 3 heteroatoms. The highest BCUT2D eigenvalue weighted by Crippen LogP contribution is 2.28. The van der Waals surface area contributed by atoms with Crippen molar-refractivity contribution in [2.24, 2.45) is 0 Å². The van der Waals surface area contributed by atoms with Crippen LogP contribution in [0.25, 0.3) is 0 Å². The average molecular weight is 287 g/mol. The second kappa shape index (κ2) is 6.17. The second-order valence-corrected chi connectivity index (χ2v) is 4.48. The van der Waals surface area contributed by atoms with Crippen molar-refractivity contribution < 1.29 is 0 Å².